The van der Waals surface area contributed by atoms with Crippen molar-refractivity contribution >= 4 is 16.8 Å². The Bertz CT molecular complexity index is 853. The highest BCUT2D eigenvalue weighted by atomic mass is 16.5. The van der Waals surface area contributed by atoms with Gasteiger partial charge in [0.2, 0.25) is 0 Å². The molecular formula is C22H29N3O4. The molecule has 29 heavy (non-hydrogen) atoms. The molecule has 2 atom stereocenters. The van der Waals surface area contributed by atoms with E-state index in [1.54, 1.807) is 0 Å². The molecule has 0 saturated carbocycles. The molecule has 1 aromatic carbocycles. The van der Waals surface area contributed by atoms with Crippen LogP contribution in [0.5, 0.6) is 5.75 Å². The van der Waals surface area contributed by atoms with Crippen LogP contribution in [0.1, 0.15) is 18.5 Å². The Morgan fingerprint density at radius 3 is 2.79 bits per heavy atom. The fourth-order valence-electron chi connectivity index (χ4n) is 4.28. The molecule has 2 saturated heterocycles. The number of hydrogen-bond donors (Lipinski definition) is 1. The van der Waals surface area contributed by atoms with Gasteiger partial charge in [0.1, 0.15) is 5.75 Å². The van der Waals surface area contributed by atoms with Gasteiger partial charge in [-0.3, -0.25) is 14.7 Å². The highest BCUT2D eigenvalue weighted by molar-refractivity contribution is 5.86. The zero-order valence-electron chi connectivity index (χ0n) is 16.9. The molecule has 4 rings (SSSR count). The Kier molecular flexibility index (Phi) is 6.28. The topological polar surface area (TPSA) is 75.1 Å². The van der Waals surface area contributed by atoms with Gasteiger partial charge in [0, 0.05) is 49.4 Å². The van der Waals surface area contributed by atoms with Gasteiger partial charge in [-0.25, -0.2) is 0 Å². The molecule has 2 aromatic rings. The van der Waals surface area contributed by atoms with Crippen LogP contribution in [0.15, 0.2) is 30.3 Å². The average Bonchev–Trinajstić information content (AvgIpc) is 2.94. The molecule has 2 fully saturated rings. The number of hydrogen-bond acceptors (Lipinski definition) is 6. The molecule has 2 aliphatic rings. The van der Waals surface area contributed by atoms with E-state index in [0.717, 1.165) is 36.1 Å². The van der Waals surface area contributed by atoms with Crippen LogP contribution in [0.4, 0.5) is 0 Å². The third-order valence-corrected chi connectivity index (χ3v) is 5.86. The van der Waals surface area contributed by atoms with Crippen molar-refractivity contribution in [2.45, 2.75) is 31.9 Å². The largest absolute Gasteiger partial charge is 0.483 e. The lowest BCUT2D eigenvalue weighted by molar-refractivity contribution is -0.133. The van der Waals surface area contributed by atoms with Crippen LogP contribution in [-0.2, 0) is 9.53 Å². The standard InChI is InChI=1S/C22H29N3O4/c1-16-14-21(17-4-2-3-5-18(17)23-16)29-15-22(27)25-8-6-19(20(26)7-9-25)24-10-12-28-13-11-24/h2-5,14,19-20,26H,6-13,15H2,1H3/t19-,20-/m0/s1. The summed E-state index contributed by atoms with van der Waals surface area (Å²) in [5, 5.41) is 11.5. The van der Waals surface area contributed by atoms with Crippen molar-refractivity contribution in [1.82, 2.24) is 14.8 Å². The van der Waals surface area contributed by atoms with Gasteiger partial charge >= 0.3 is 0 Å². The van der Waals surface area contributed by atoms with Crippen LogP contribution >= 0.6 is 0 Å². The van der Waals surface area contributed by atoms with Crippen molar-refractivity contribution in [3.8, 4) is 5.75 Å². The third-order valence-electron chi connectivity index (χ3n) is 5.86. The smallest absolute Gasteiger partial charge is 0.260 e. The minimum Gasteiger partial charge on any atom is -0.483 e. The van der Waals surface area contributed by atoms with E-state index >= 15 is 0 Å². The number of para-hydroxylation sites is 1. The number of morpholine rings is 1. The van der Waals surface area contributed by atoms with Gasteiger partial charge in [0.05, 0.1) is 24.8 Å². The minimum atomic E-state index is -0.418. The average molecular weight is 399 g/mol. The van der Waals surface area contributed by atoms with Crippen LogP contribution in [0.2, 0.25) is 0 Å². The van der Waals surface area contributed by atoms with Crippen LogP contribution in [0.3, 0.4) is 0 Å². The Morgan fingerprint density at radius 2 is 1.97 bits per heavy atom. The van der Waals surface area contributed by atoms with Crippen molar-refractivity contribution < 1.29 is 19.4 Å². The Morgan fingerprint density at radius 1 is 1.21 bits per heavy atom. The van der Waals surface area contributed by atoms with Crippen molar-refractivity contribution in [2.75, 3.05) is 46.0 Å². The van der Waals surface area contributed by atoms with E-state index in [0.29, 0.717) is 38.5 Å². The molecule has 1 N–H and O–H groups in total. The molecule has 156 valence electrons. The van der Waals surface area contributed by atoms with Crippen LogP contribution in [-0.4, -0.2) is 83.9 Å². The van der Waals surface area contributed by atoms with Crippen molar-refractivity contribution in [3.63, 3.8) is 0 Å². The first-order valence-corrected chi connectivity index (χ1v) is 10.4. The zero-order chi connectivity index (χ0) is 20.2. The van der Waals surface area contributed by atoms with Crippen LogP contribution < -0.4 is 4.74 Å². The Labute approximate surface area is 171 Å². The number of aryl methyl sites for hydroxylation is 1. The van der Waals surface area contributed by atoms with Crippen molar-refractivity contribution in [3.05, 3.63) is 36.0 Å². The summed E-state index contributed by atoms with van der Waals surface area (Å²) in [5.41, 5.74) is 1.72. The summed E-state index contributed by atoms with van der Waals surface area (Å²) >= 11 is 0. The maximum absolute atomic E-state index is 12.8. The van der Waals surface area contributed by atoms with Crippen LogP contribution in [0.25, 0.3) is 10.9 Å². The van der Waals surface area contributed by atoms with Gasteiger partial charge in [0.25, 0.3) is 5.91 Å². The summed E-state index contributed by atoms with van der Waals surface area (Å²) in [6, 6.07) is 9.74. The third kappa shape index (κ3) is 4.69. The number of nitrogens with zero attached hydrogens (tertiary/aromatic N) is 3. The van der Waals surface area contributed by atoms with Crippen molar-refractivity contribution in [2.24, 2.45) is 0 Å². The summed E-state index contributed by atoms with van der Waals surface area (Å²) in [6.07, 6.45) is 0.938. The quantitative estimate of drug-likeness (QED) is 0.842. The highest BCUT2D eigenvalue weighted by Crippen LogP contribution is 2.25. The zero-order valence-corrected chi connectivity index (χ0v) is 16.9. The number of likely N-dealkylation sites (tertiary alicyclic amines) is 1. The summed E-state index contributed by atoms with van der Waals surface area (Å²) in [6.45, 7) is 6.20. The number of pyridine rings is 1. The number of rotatable bonds is 4. The lowest BCUT2D eigenvalue weighted by atomic mass is 10.0. The summed E-state index contributed by atoms with van der Waals surface area (Å²) in [4.78, 5) is 21.4. The second-order valence-electron chi connectivity index (χ2n) is 7.81. The number of amides is 1. The second kappa shape index (κ2) is 9.07. The fraction of sp³-hybridized carbons (Fsp3) is 0.545. The monoisotopic (exact) mass is 399 g/mol. The molecule has 0 spiro atoms. The van der Waals surface area contributed by atoms with E-state index in [9.17, 15) is 9.90 Å². The number of aliphatic hydroxyl groups excluding tert-OH is 1. The number of aromatic nitrogens is 1. The highest BCUT2D eigenvalue weighted by Gasteiger charge is 2.31. The number of aliphatic hydroxyl groups is 1. The van der Waals surface area contributed by atoms with Crippen LogP contribution in [0, 0.1) is 6.92 Å². The van der Waals surface area contributed by atoms with Crippen molar-refractivity contribution in [1.29, 1.82) is 0 Å². The van der Waals surface area contributed by atoms with Gasteiger partial charge < -0.3 is 19.5 Å². The summed E-state index contributed by atoms with van der Waals surface area (Å²) in [5.74, 6) is 0.640. The lowest BCUT2D eigenvalue weighted by Gasteiger charge is -2.36. The van der Waals surface area contributed by atoms with Gasteiger partial charge in [-0.05, 0) is 31.9 Å². The first-order valence-electron chi connectivity index (χ1n) is 10.4. The number of benzene rings is 1. The number of carbonyl (C=O) groups excluding carboxylic acids is 1. The molecule has 0 aliphatic carbocycles. The summed E-state index contributed by atoms with van der Waals surface area (Å²) in [7, 11) is 0. The predicted molar refractivity (Wildman–Crippen MR) is 110 cm³/mol. The number of ether oxygens (including phenoxy) is 2. The molecule has 1 aromatic heterocycles. The normalized spacial score (nSPS) is 23.7. The predicted octanol–water partition coefficient (Wildman–Crippen LogP) is 1.61. The molecule has 7 heteroatoms. The van der Waals surface area contributed by atoms with E-state index < -0.39 is 6.10 Å². The van der Waals surface area contributed by atoms with E-state index in [2.05, 4.69) is 9.88 Å². The van der Waals surface area contributed by atoms with Gasteiger partial charge in [-0.15, -0.1) is 0 Å². The van der Waals surface area contributed by atoms with E-state index in [1.165, 1.54) is 0 Å². The lowest BCUT2D eigenvalue weighted by Crippen LogP contribution is -2.49. The first-order chi connectivity index (χ1) is 14.1. The van der Waals surface area contributed by atoms with Gasteiger partial charge in [-0.2, -0.15) is 0 Å². The molecule has 0 radical (unpaired) electrons. The molecule has 2 aliphatic heterocycles. The molecule has 3 heterocycles. The maximum atomic E-state index is 12.8. The molecule has 0 bridgehead atoms. The molecular weight excluding hydrogens is 370 g/mol. The van der Waals surface area contributed by atoms with Gasteiger partial charge in [-0.1, -0.05) is 12.1 Å². The van der Waals surface area contributed by atoms with E-state index in [4.69, 9.17) is 9.47 Å². The Balaban J connectivity index is 1.38. The SMILES string of the molecule is Cc1cc(OCC(=O)N2CC[C@H](O)[C@@H](N3CCOCC3)CC2)c2ccccc2n1. The maximum Gasteiger partial charge on any atom is 0.260 e. The second-order valence-corrected chi connectivity index (χ2v) is 7.81. The Hall–Kier alpha value is -2.22. The molecule has 0 unspecified atom stereocenters. The van der Waals surface area contributed by atoms with Gasteiger partial charge in [0.15, 0.2) is 6.61 Å². The summed E-state index contributed by atoms with van der Waals surface area (Å²) < 4.78 is 11.3. The number of carbonyl (C=O) groups is 1. The fourth-order valence-corrected chi connectivity index (χ4v) is 4.28. The van der Waals surface area contributed by atoms with E-state index in [1.807, 2.05) is 42.2 Å². The minimum absolute atomic E-state index is 0.00817. The number of fused-ring (bicyclic) bond motifs is 1. The van der Waals surface area contributed by atoms with E-state index in [-0.39, 0.29) is 18.6 Å². The molecule has 1 amide bonds. The molecule has 7 nitrogen and oxygen atoms in total. The first kappa shape index (κ1) is 20.1.